The molecule has 3 aromatic carbocycles. The van der Waals surface area contributed by atoms with Gasteiger partial charge >= 0.3 is 5.97 Å². The number of hydrogen-bond donors (Lipinski definition) is 3. The molecule has 0 fully saturated rings. The standard InChI is InChI=1S/C31H27ClN6O3/c1-17-5-3-4-6-19(17)16-38-23-15-21(32)12-13-22(23)26(37-38)29-34-27(33)25-28(35-29)36-30(41)31(25,2)20-10-7-18(8-11-20)9-14-24(39)40/h3-8,10-13,15H,9,14,16H2,1-2H3,(H,39,40)(H3,33,34,35,36,41). The third kappa shape index (κ3) is 4.58. The second-order valence-corrected chi connectivity index (χ2v) is 10.9. The van der Waals surface area contributed by atoms with Crippen molar-refractivity contribution in [1.29, 1.82) is 0 Å². The van der Waals surface area contributed by atoms with E-state index < -0.39 is 11.4 Å². The molecule has 2 aromatic heterocycles. The van der Waals surface area contributed by atoms with Gasteiger partial charge in [0.05, 0.1) is 17.6 Å². The van der Waals surface area contributed by atoms with Crippen LogP contribution in [0.5, 0.6) is 0 Å². The molecule has 0 radical (unpaired) electrons. The minimum atomic E-state index is -1.12. The second-order valence-electron chi connectivity index (χ2n) is 10.4. The van der Waals surface area contributed by atoms with Gasteiger partial charge in [-0.05, 0) is 60.7 Å². The Morgan fingerprint density at radius 2 is 1.85 bits per heavy atom. The van der Waals surface area contributed by atoms with Crippen molar-refractivity contribution < 1.29 is 14.7 Å². The maximum Gasteiger partial charge on any atom is 0.303 e. The number of fused-ring (bicyclic) bond motifs is 2. The molecule has 1 unspecified atom stereocenters. The van der Waals surface area contributed by atoms with Crippen LogP contribution in [-0.2, 0) is 28.0 Å². The average molecular weight is 567 g/mol. The van der Waals surface area contributed by atoms with Crippen LogP contribution in [0, 0.1) is 6.92 Å². The highest BCUT2D eigenvalue weighted by Crippen LogP contribution is 2.45. The topological polar surface area (TPSA) is 136 Å². The van der Waals surface area contributed by atoms with Crippen LogP contribution in [0.1, 0.15) is 41.2 Å². The van der Waals surface area contributed by atoms with Crippen molar-refractivity contribution >= 4 is 46.0 Å². The predicted molar refractivity (Wildman–Crippen MR) is 158 cm³/mol. The summed E-state index contributed by atoms with van der Waals surface area (Å²) in [7, 11) is 0. The van der Waals surface area contributed by atoms with Crippen LogP contribution in [0.4, 0.5) is 11.6 Å². The lowest BCUT2D eigenvalue weighted by molar-refractivity contribution is -0.137. The zero-order valence-electron chi connectivity index (χ0n) is 22.5. The quantitative estimate of drug-likeness (QED) is 0.241. The molecule has 0 aliphatic carbocycles. The lowest BCUT2D eigenvalue weighted by Crippen LogP contribution is -2.33. The van der Waals surface area contributed by atoms with Gasteiger partial charge < -0.3 is 16.2 Å². The molecule has 1 aliphatic heterocycles. The maximum atomic E-state index is 13.4. The fraction of sp³-hybridized carbons (Fsp3) is 0.194. The summed E-state index contributed by atoms with van der Waals surface area (Å²) in [5, 5.41) is 18.2. The Morgan fingerprint density at radius 1 is 1.10 bits per heavy atom. The Kier molecular flexibility index (Phi) is 6.46. The fourth-order valence-corrected chi connectivity index (χ4v) is 5.59. The molecule has 6 rings (SSSR count). The number of rotatable bonds is 7. The number of aromatic nitrogens is 4. The molecule has 1 atom stereocenters. The number of aliphatic carboxylic acids is 1. The van der Waals surface area contributed by atoms with Crippen molar-refractivity contribution in [1.82, 2.24) is 19.7 Å². The third-order valence-corrected chi connectivity index (χ3v) is 8.02. The van der Waals surface area contributed by atoms with E-state index in [0.29, 0.717) is 46.5 Å². The van der Waals surface area contributed by atoms with E-state index in [1.165, 1.54) is 0 Å². The highest BCUT2D eigenvalue weighted by atomic mass is 35.5. The molecule has 4 N–H and O–H groups in total. The van der Waals surface area contributed by atoms with Gasteiger partial charge in [0.2, 0.25) is 5.91 Å². The Labute approximate surface area is 241 Å². The number of carboxylic acids is 1. The molecule has 1 amide bonds. The van der Waals surface area contributed by atoms with Gasteiger partial charge in [-0.3, -0.25) is 14.3 Å². The molecule has 41 heavy (non-hydrogen) atoms. The molecule has 3 heterocycles. The fourth-order valence-electron chi connectivity index (χ4n) is 5.43. The summed E-state index contributed by atoms with van der Waals surface area (Å²) >= 11 is 6.36. The van der Waals surface area contributed by atoms with E-state index in [1.807, 2.05) is 53.2 Å². The van der Waals surface area contributed by atoms with E-state index in [9.17, 15) is 9.59 Å². The summed E-state index contributed by atoms with van der Waals surface area (Å²) in [6.45, 7) is 4.37. The minimum Gasteiger partial charge on any atom is -0.481 e. The molecule has 206 valence electrons. The number of aryl methyl sites for hydroxylation is 2. The minimum absolute atomic E-state index is 0.0328. The van der Waals surface area contributed by atoms with Crippen molar-refractivity contribution in [3.8, 4) is 11.5 Å². The Morgan fingerprint density at radius 3 is 2.59 bits per heavy atom. The van der Waals surface area contributed by atoms with Gasteiger partial charge in [-0.25, -0.2) is 9.97 Å². The number of carboxylic acid groups (broad SMARTS) is 1. The molecular weight excluding hydrogens is 540 g/mol. The van der Waals surface area contributed by atoms with E-state index in [4.69, 9.17) is 32.5 Å². The smallest absolute Gasteiger partial charge is 0.303 e. The molecule has 9 nitrogen and oxygen atoms in total. The summed E-state index contributed by atoms with van der Waals surface area (Å²) in [5.74, 6) is -0.319. The van der Waals surface area contributed by atoms with Gasteiger partial charge in [-0.1, -0.05) is 60.1 Å². The van der Waals surface area contributed by atoms with E-state index >= 15 is 0 Å². The van der Waals surface area contributed by atoms with Gasteiger partial charge in [0.25, 0.3) is 0 Å². The van der Waals surface area contributed by atoms with Crippen molar-refractivity contribution in [2.45, 2.75) is 38.6 Å². The summed E-state index contributed by atoms with van der Waals surface area (Å²) in [6.07, 6.45) is 0.435. The number of anilines is 2. The van der Waals surface area contributed by atoms with Crippen LogP contribution in [0.25, 0.3) is 22.4 Å². The number of amides is 1. The number of hydrogen-bond acceptors (Lipinski definition) is 6. The normalized spacial score (nSPS) is 16.1. The van der Waals surface area contributed by atoms with E-state index in [0.717, 1.165) is 27.6 Å². The number of benzene rings is 3. The number of carbonyl (C=O) groups excluding carboxylic acids is 1. The predicted octanol–water partition coefficient (Wildman–Crippen LogP) is 5.36. The zero-order valence-corrected chi connectivity index (χ0v) is 23.2. The van der Waals surface area contributed by atoms with Crippen LogP contribution in [-0.4, -0.2) is 36.7 Å². The van der Waals surface area contributed by atoms with Crippen LogP contribution >= 0.6 is 11.6 Å². The van der Waals surface area contributed by atoms with Crippen LogP contribution in [0.3, 0.4) is 0 Å². The summed E-state index contributed by atoms with van der Waals surface area (Å²) in [6, 6.07) is 21.0. The molecular formula is C31H27ClN6O3. The zero-order chi connectivity index (χ0) is 28.9. The maximum absolute atomic E-state index is 13.4. The van der Waals surface area contributed by atoms with Gasteiger partial charge in [0, 0.05) is 16.8 Å². The summed E-state index contributed by atoms with van der Waals surface area (Å²) in [4.78, 5) is 33.7. The first-order chi connectivity index (χ1) is 19.6. The summed E-state index contributed by atoms with van der Waals surface area (Å²) in [5.41, 5.74) is 11.1. The summed E-state index contributed by atoms with van der Waals surface area (Å²) < 4.78 is 1.88. The van der Waals surface area contributed by atoms with Gasteiger partial charge in [-0.15, -0.1) is 0 Å². The van der Waals surface area contributed by atoms with Crippen LogP contribution in [0.15, 0.2) is 66.7 Å². The van der Waals surface area contributed by atoms with Crippen LogP contribution < -0.4 is 11.1 Å². The van der Waals surface area contributed by atoms with Gasteiger partial charge in [-0.2, -0.15) is 5.10 Å². The molecule has 0 spiro atoms. The molecule has 0 bridgehead atoms. The first-order valence-electron chi connectivity index (χ1n) is 13.2. The number of nitrogen functional groups attached to an aromatic ring is 1. The van der Waals surface area contributed by atoms with Crippen LogP contribution in [0.2, 0.25) is 5.02 Å². The first kappa shape index (κ1) is 26.5. The number of carbonyl (C=O) groups is 2. The average Bonchev–Trinajstić information content (AvgIpc) is 3.43. The lowest BCUT2D eigenvalue weighted by Gasteiger charge is -2.23. The van der Waals surface area contributed by atoms with E-state index in [-0.39, 0.29) is 18.1 Å². The Bertz CT molecular complexity index is 1850. The first-order valence-corrected chi connectivity index (χ1v) is 13.5. The van der Waals surface area contributed by atoms with Gasteiger partial charge in [0.15, 0.2) is 5.82 Å². The SMILES string of the molecule is Cc1ccccc1Cn1nc(-c2nc(N)c3c(n2)NC(=O)C3(C)c2ccc(CCC(=O)O)cc2)c2ccc(Cl)cc21. The lowest BCUT2D eigenvalue weighted by atomic mass is 9.77. The number of nitrogens with one attached hydrogen (secondary N) is 1. The van der Waals surface area contributed by atoms with Gasteiger partial charge in [0.1, 0.15) is 22.7 Å². The highest BCUT2D eigenvalue weighted by molar-refractivity contribution is 6.31. The van der Waals surface area contributed by atoms with E-state index in [2.05, 4.69) is 29.4 Å². The largest absolute Gasteiger partial charge is 0.481 e. The Hall–Kier alpha value is -4.76. The third-order valence-electron chi connectivity index (χ3n) is 7.79. The number of nitrogens with zero attached hydrogens (tertiary/aromatic N) is 4. The van der Waals surface area contributed by atoms with Crippen molar-refractivity contribution in [3.63, 3.8) is 0 Å². The second kappa shape index (κ2) is 10.0. The molecule has 10 heteroatoms. The number of halogens is 1. The van der Waals surface area contributed by atoms with E-state index in [1.54, 1.807) is 13.0 Å². The number of nitrogens with two attached hydrogens (primary N) is 1. The van der Waals surface area contributed by atoms with Crippen molar-refractivity contribution in [2.75, 3.05) is 11.1 Å². The highest BCUT2D eigenvalue weighted by Gasteiger charge is 2.47. The van der Waals surface area contributed by atoms with Crippen molar-refractivity contribution in [2.24, 2.45) is 0 Å². The Balaban J connectivity index is 1.41. The molecule has 0 saturated carbocycles. The molecule has 1 aliphatic rings. The van der Waals surface area contributed by atoms with Crippen molar-refractivity contribution in [3.05, 3.63) is 99.6 Å². The molecule has 0 saturated heterocycles. The molecule has 5 aromatic rings. The monoisotopic (exact) mass is 566 g/mol.